The molecule has 0 saturated carbocycles. The van der Waals surface area contributed by atoms with Gasteiger partial charge in [-0.1, -0.05) is 43.9 Å². The van der Waals surface area contributed by atoms with Crippen molar-refractivity contribution in [3.63, 3.8) is 0 Å². The number of nitrogens with one attached hydrogen (secondary N) is 2. The highest BCUT2D eigenvalue weighted by Crippen LogP contribution is 2.21. The Morgan fingerprint density at radius 1 is 1.72 bits per heavy atom. The molecule has 0 radical (unpaired) electrons. The summed E-state index contributed by atoms with van der Waals surface area (Å²) in [7, 11) is 0. The fraction of sp³-hybridized carbons (Fsp3) is 0.600. The molecule has 2 N–H and O–H groups in total. The van der Waals surface area contributed by atoms with E-state index in [-0.39, 0.29) is 17.1 Å². The van der Waals surface area contributed by atoms with Crippen LogP contribution in [0.5, 0.6) is 0 Å². The van der Waals surface area contributed by atoms with E-state index in [0.29, 0.717) is 3.95 Å². The summed E-state index contributed by atoms with van der Waals surface area (Å²) in [6, 6.07) is 1.60. The molecule has 0 aliphatic carbocycles. The second-order valence-corrected chi connectivity index (χ2v) is 7.55. The first-order chi connectivity index (χ1) is 8.32. The third kappa shape index (κ3) is 4.76. The summed E-state index contributed by atoms with van der Waals surface area (Å²) in [6.45, 7) is 5.73. The Morgan fingerprint density at radius 3 is 2.83 bits per heavy atom. The Bertz CT molecular complexity index is 508. The van der Waals surface area contributed by atoms with Crippen molar-refractivity contribution in [1.29, 1.82) is 5.26 Å². The lowest BCUT2D eigenvalue weighted by molar-refractivity contribution is -0.119. The third-order valence-corrected chi connectivity index (χ3v) is 4.28. The maximum atomic E-state index is 11.7. The number of carbonyl (C=O) groups is 1. The van der Waals surface area contributed by atoms with Gasteiger partial charge in [0.05, 0.1) is 11.8 Å². The highest BCUT2D eigenvalue weighted by Gasteiger charge is 2.25. The molecule has 0 unspecified atom stereocenters. The normalized spacial score (nSPS) is 12.8. The number of hydrogen-bond donors (Lipinski definition) is 2. The fourth-order valence-electron chi connectivity index (χ4n) is 1.05. The van der Waals surface area contributed by atoms with Crippen molar-refractivity contribution in [3.8, 4) is 6.07 Å². The lowest BCUT2D eigenvalue weighted by atomic mass is 9.88. The van der Waals surface area contributed by atoms with E-state index in [4.69, 9.17) is 17.5 Å². The van der Waals surface area contributed by atoms with Gasteiger partial charge in [-0.2, -0.15) is 10.4 Å². The molecule has 0 aliphatic rings. The number of nitrogens with zero attached hydrogens (tertiary/aromatic N) is 2. The minimum Gasteiger partial charge on any atom is -0.339 e. The first-order valence-corrected chi connectivity index (χ1v) is 7.41. The van der Waals surface area contributed by atoms with Gasteiger partial charge in [-0.05, 0) is 17.6 Å². The molecule has 1 heterocycles. The van der Waals surface area contributed by atoms with Crippen LogP contribution in [0.25, 0.3) is 0 Å². The summed E-state index contributed by atoms with van der Waals surface area (Å²) in [5.41, 5.74) is -0.280. The fourth-order valence-corrected chi connectivity index (χ4v) is 2.94. The standard InChI is InChI=1S/C10H14N4OS3/c1-10(2,3)6(4-11)12-7(15)5-17-9-14-13-8(16)18-9/h6H,5H2,1-3H3,(H,12,15)(H,13,16)/t6-/m0/s1. The first-order valence-electron chi connectivity index (χ1n) is 5.20. The van der Waals surface area contributed by atoms with Crippen LogP contribution in [0.1, 0.15) is 20.8 Å². The molecule has 98 valence electrons. The zero-order valence-electron chi connectivity index (χ0n) is 10.3. The molecule has 5 nitrogen and oxygen atoms in total. The minimum absolute atomic E-state index is 0.178. The molecule has 8 heteroatoms. The van der Waals surface area contributed by atoms with Crippen molar-refractivity contribution in [1.82, 2.24) is 15.5 Å². The van der Waals surface area contributed by atoms with E-state index in [2.05, 4.69) is 21.6 Å². The Morgan fingerprint density at radius 2 is 2.39 bits per heavy atom. The second kappa shape index (κ2) is 6.31. The molecule has 18 heavy (non-hydrogen) atoms. The number of rotatable bonds is 4. The van der Waals surface area contributed by atoms with Crippen LogP contribution in [0.15, 0.2) is 4.34 Å². The molecule has 1 rings (SSSR count). The molecule has 1 amide bonds. The highest BCUT2D eigenvalue weighted by molar-refractivity contribution is 8.01. The summed E-state index contributed by atoms with van der Waals surface area (Å²) in [6.07, 6.45) is 0. The molecule has 0 aliphatic heterocycles. The van der Waals surface area contributed by atoms with Gasteiger partial charge in [-0.15, -0.1) is 0 Å². The van der Waals surface area contributed by atoms with Gasteiger partial charge in [0.1, 0.15) is 6.04 Å². The second-order valence-electron chi connectivity index (χ2n) is 4.66. The number of carbonyl (C=O) groups excluding carboxylic acids is 1. The van der Waals surface area contributed by atoms with Crippen molar-refractivity contribution in [3.05, 3.63) is 3.95 Å². The van der Waals surface area contributed by atoms with Gasteiger partial charge in [0.15, 0.2) is 8.29 Å². The van der Waals surface area contributed by atoms with E-state index < -0.39 is 6.04 Å². The quantitative estimate of drug-likeness (QED) is 0.659. The van der Waals surface area contributed by atoms with Gasteiger partial charge < -0.3 is 5.32 Å². The average molecular weight is 302 g/mol. The smallest absolute Gasteiger partial charge is 0.231 e. The summed E-state index contributed by atoms with van der Waals surface area (Å²) < 4.78 is 1.31. The van der Waals surface area contributed by atoms with Crippen LogP contribution in [-0.4, -0.2) is 27.9 Å². The SMILES string of the molecule is CC(C)(C)[C@H](C#N)NC(=O)CSc1n[nH]c(=S)s1. The van der Waals surface area contributed by atoms with E-state index in [1.807, 2.05) is 20.8 Å². The van der Waals surface area contributed by atoms with Gasteiger partial charge in [0, 0.05) is 0 Å². The van der Waals surface area contributed by atoms with Gasteiger partial charge in [0.2, 0.25) is 5.91 Å². The van der Waals surface area contributed by atoms with Crippen molar-refractivity contribution < 1.29 is 4.79 Å². The van der Waals surface area contributed by atoms with E-state index in [1.54, 1.807) is 0 Å². The molecule has 1 aromatic rings. The molecule has 1 aromatic heterocycles. The predicted molar refractivity (Wildman–Crippen MR) is 75.0 cm³/mol. The van der Waals surface area contributed by atoms with Gasteiger partial charge in [-0.3, -0.25) is 9.89 Å². The molecule has 0 fully saturated rings. The molecular weight excluding hydrogens is 288 g/mol. The lowest BCUT2D eigenvalue weighted by Gasteiger charge is -2.25. The summed E-state index contributed by atoms with van der Waals surface area (Å²) in [5, 5.41) is 18.3. The first kappa shape index (κ1) is 15.1. The largest absolute Gasteiger partial charge is 0.339 e. The van der Waals surface area contributed by atoms with E-state index >= 15 is 0 Å². The van der Waals surface area contributed by atoms with Crippen LogP contribution in [0.2, 0.25) is 0 Å². The van der Waals surface area contributed by atoms with Crippen LogP contribution in [-0.2, 0) is 4.79 Å². The van der Waals surface area contributed by atoms with Crippen molar-refractivity contribution >= 4 is 41.2 Å². The predicted octanol–water partition coefficient (Wildman–Crippen LogP) is 2.35. The highest BCUT2D eigenvalue weighted by atomic mass is 32.2. The van der Waals surface area contributed by atoms with Crippen molar-refractivity contribution in [2.24, 2.45) is 5.41 Å². The maximum Gasteiger partial charge on any atom is 0.231 e. The van der Waals surface area contributed by atoms with Crippen LogP contribution in [0.3, 0.4) is 0 Å². The zero-order valence-corrected chi connectivity index (χ0v) is 12.8. The number of aromatic nitrogens is 2. The Labute approximate surface area is 119 Å². The van der Waals surface area contributed by atoms with Crippen molar-refractivity contribution in [2.45, 2.75) is 31.2 Å². The summed E-state index contributed by atoms with van der Waals surface area (Å²) in [5.74, 6) is 0.0484. The monoisotopic (exact) mass is 302 g/mol. The van der Waals surface area contributed by atoms with Crippen LogP contribution >= 0.6 is 35.3 Å². The van der Waals surface area contributed by atoms with E-state index in [9.17, 15) is 4.79 Å². The van der Waals surface area contributed by atoms with Gasteiger partial charge >= 0.3 is 0 Å². The summed E-state index contributed by atoms with van der Waals surface area (Å²) >= 11 is 7.52. The van der Waals surface area contributed by atoms with Crippen LogP contribution in [0.4, 0.5) is 0 Å². The number of amides is 1. The Kier molecular flexibility index (Phi) is 5.31. The third-order valence-electron chi connectivity index (χ3n) is 2.05. The Hall–Kier alpha value is -0.910. The molecule has 0 aromatic carbocycles. The minimum atomic E-state index is -0.497. The summed E-state index contributed by atoms with van der Waals surface area (Å²) in [4.78, 5) is 11.7. The molecule has 1 atom stereocenters. The number of H-pyrrole nitrogens is 1. The lowest BCUT2D eigenvalue weighted by Crippen LogP contribution is -2.43. The van der Waals surface area contributed by atoms with Crippen LogP contribution in [0, 0.1) is 20.7 Å². The molecule has 0 spiro atoms. The molecular formula is C10H14N4OS3. The van der Waals surface area contributed by atoms with Gasteiger partial charge in [0.25, 0.3) is 0 Å². The maximum absolute atomic E-state index is 11.7. The number of aromatic amines is 1. The van der Waals surface area contributed by atoms with Gasteiger partial charge in [-0.25, -0.2) is 0 Å². The number of hydrogen-bond acceptors (Lipinski definition) is 6. The number of nitriles is 1. The molecule has 0 saturated heterocycles. The van der Waals surface area contributed by atoms with E-state index in [0.717, 1.165) is 4.34 Å². The number of thioether (sulfide) groups is 1. The van der Waals surface area contributed by atoms with Crippen molar-refractivity contribution in [2.75, 3.05) is 5.75 Å². The molecule has 0 bridgehead atoms. The Balaban J connectivity index is 2.47. The van der Waals surface area contributed by atoms with Crippen LogP contribution < -0.4 is 5.32 Å². The zero-order chi connectivity index (χ0) is 13.8. The topological polar surface area (TPSA) is 81.6 Å². The van der Waals surface area contributed by atoms with E-state index in [1.165, 1.54) is 23.1 Å². The average Bonchev–Trinajstić information content (AvgIpc) is 2.67.